The highest BCUT2D eigenvalue weighted by Gasteiger charge is 2.36. The van der Waals surface area contributed by atoms with Crippen LogP contribution in [-0.4, -0.2) is 9.55 Å². The number of nitrogens with zero attached hydrogens (tertiary/aromatic N) is 2. The smallest absolute Gasteiger partial charge is 0.334 e. The molecule has 0 aliphatic carbocycles. The Morgan fingerprint density at radius 1 is 1.28 bits per heavy atom. The van der Waals surface area contributed by atoms with Gasteiger partial charge in [-0.05, 0) is 12.1 Å². The Hall–Kier alpha value is -1.56. The summed E-state index contributed by atoms with van der Waals surface area (Å²) in [6, 6.07) is 1.52. The van der Waals surface area contributed by atoms with Crippen LogP contribution < -0.4 is 0 Å². The molecular formula is C11H7ClF4N2. The normalized spacial score (nSPS) is 11.9. The van der Waals surface area contributed by atoms with Gasteiger partial charge in [0.05, 0.1) is 11.1 Å². The zero-order valence-corrected chi connectivity index (χ0v) is 9.85. The van der Waals surface area contributed by atoms with Crippen molar-refractivity contribution in [2.75, 3.05) is 0 Å². The molecule has 0 bridgehead atoms. The first-order valence-electron chi connectivity index (χ1n) is 4.84. The summed E-state index contributed by atoms with van der Waals surface area (Å²) in [7, 11) is 1.48. The number of alkyl halides is 3. The number of aromatic nitrogens is 2. The lowest BCUT2D eigenvalue weighted by molar-refractivity contribution is -0.137. The second-order valence-corrected chi connectivity index (χ2v) is 4.11. The Morgan fingerprint density at radius 2 is 1.94 bits per heavy atom. The van der Waals surface area contributed by atoms with Crippen molar-refractivity contribution >= 4 is 11.6 Å². The van der Waals surface area contributed by atoms with E-state index in [1.54, 1.807) is 0 Å². The lowest BCUT2D eigenvalue weighted by atomic mass is 10.1. The second kappa shape index (κ2) is 4.28. The van der Waals surface area contributed by atoms with Crippen LogP contribution in [0.4, 0.5) is 17.6 Å². The van der Waals surface area contributed by atoms with E-state index < -0.39 is 23.1 Å². The van der Waals surface area contributed by atoms with Crippen molar-refractivity contribution in [1.29, 1.82) is 0 Å². The van der Waals surface area contributed by atoms with Gasteiger partial charge in [0.25, 0.3) is 0 Å². The van der Waals surface area contributed by atoms with Crippen LogP contribution in [0.1, 0.15) is 5.56 Å². The number of benzene rings is 1. The number of hydrogen-bond donors (Lipinski definition) is 0. The fourth-order valence-electron chi connectivity index (χ4n) is 1.63. The maximum Gasteiger partial charge on any atom is 0.417 e. The van der Waals surface area contributed by atoms with Crippen LogP contribution in [-0.2, 0) is 13.2 Å². The van der Waals surface area contributed by atoms with E-state index in [-0.39, 0.29) is 10.8 Å². The van der Waals surface area contributed by atoms with Crippen LogP contribution in [0, 0.1) is 5.82 Å². The van der Waals surface area contributed by atoms with Gasteiger partial charge in [0, 0.05) is 24.5 Å². The summed E-state index contributed by atoms with van der Waals surface area (Å²) >= 11 is 5.46. The predicted molar refractivity (Wildman–Crippen MR) is 58.6 cm³/mol. The van der Waals surface area contributed by atoms with Gasteiger partial charge in [0.1, 0.15) is 11.6 Å². The van der Waals surface area contributed by atoms with Gasteiger partial charge in [-0.3, -0.25) is 0 Å². The third-order valence-electron chi connectivity index (χ3n) is 2.41. The lowest BCUT2D eigenvalue weighted by Crippen LogP contribution is -2.10. The van der Waals surface area contributed by atoms with Crippen LogP contribution in [0.25, 0.3) is 11.4 Å². The molecule has 2 rings (SSSR count). The van der Waals surface area contributed by atoms with Gasteiger partial charge in [0.2, 0.25) is 0 Å². The zero-order valence-electron chi connectivity index (χ0n) is 9.09. The molecule has 0 N–H and O–H groups in total. The minimum atomic E-state index is -4.70. The standard InChI is InChI=1S/C11H7ClF4N2/c1-18-3-2-17-10(18)9-7(11(14,15)16)4-6(12)5-8(9)13/h2-5H,1H3. The molecule has 1 aromatic heterocycles. The van der Waals surface area contributed by atoms with Crippen molar-refractivity contribution in [3.63, 3.8) is 0 Å². The molecule has 18 heavy (non-hydrogen) atoms. The number of halogens is 5. The van der Waals surface area contributed by atoms with Crippen molar-refractivity contribution in [3.05, 3.63) is 40.9 Å². The maximum atomic E-state index is 13.7. The summed E-state index contributed by atoms with van der Waals surface area (Å²) < 4.78 is 53.7. The van der Waals surface area contributed by atoms with E-state index in [1.165, 1.54) is 24.0 Å². The van der Waals surface area contributed by atoms with Crippen molar-refractivity contribution < 1.29 is 17.6 Å². The average molecular weight is 279 g/mol. The first-order chi connectivity index (χ1) is 8.30. The molecule has 0 amide bonds. The number of aryl methyl sites for hydroxylation is 1. The highest BCUT2D eigenvalue weighted by Crippen LogP contribution is 2.39. The van der Waals surface area contributed by atoms with E-state index in [9.17, 15) is 17.6 Å². The topological polar surface area (TPSA) is 17.8 Å². The predicted octanol–water partition coefficient (Wildman–Crippen LogP) is 3.90. The van der Waals surface area contributed by atoms with Gasteiger partial charge < -0.3 is 4.57 Å². The van der Waals surface area contributed by atoms with E-state index >= 15 is 0 Å². The van der Waals surface area contributed by atoms with Crippen LogP contribution in [0.3, 0.4) is 0 Å². The third-order valence-corrected chi connectivity index (χ3v) is 2.62. The first-order valence-corrected chi connectivity index (χ1v) is 5.22. The van der Waals surface area contributed by atoms with Crippen LogP contribution >= 0.6 is 11.6 Å². The van der Waals surface area contributed by atoms with Gasteiger partial charge in [-0.1, -0.05) is 11.6 Å². The molecule has 0 unspecified atom stereocenters. The molecule has 0 fully saturated rings. The van der Waals surface area contributed by atoms with Crippen LogP contribution in [0.5, 0.6) is 0 Å². The second-order valence-electron chi connectivity index (χ2n) is 3.67. The highest BCUT2D eigenvalue weighted by molar-refractivity contribution is 6.30. The quantitative estimate of drug-likeness (QED) is 0.724. The van der Waals surface area contributed by atoms with E-state index in [0.29, 0.717) is 6.07 Å². The van der Waals surface area contributed by atoms with Crippen molar-refractivity contribution in [2.45, 2.75) is 6.18 Å². The maximum absolute atomic E-state index is 13.7. The fraction of sp³-hybridized carbons (Fsp3) is 0.182. The largest absolute Gasteiger partial charge is 0.417 e. The lowest BCUT2D eigenvalue weighted by Gasteiger charge is -2.14. The molecule has 0 saturated carbocycles. The minimum absolute atomic E-state index is 0.100. The molecule has 2 aromatic rings. The molecule has 0 aliphatic heterocycles. The highest BCUT2D eigenvalue weighted by atomic mass is 35.5. The third kappa shape index (κ3) is 2.20. The van der Waals surface area contributed by atoms with E-state index in [1.807, 2.05) is 0 Å². The van der Waals surface area contributed by atoms with Gasteiger partial charge in [-0.25, -0.2) is 9.37 Å². The van der Waals surface area contributed by atoms with Gasteiger partial charge in [-0.15, -0.1) is 0 Å². The summed E-state index contributed by atoms with van der Waals surface area (Å²) in [6.07, 6.45) is -1.97. The van der Waals surface area contributed by atoms with Crippen LogP contribution in [0.15, 0.2) is 24.5 Å². The molecule has 0 saturated heterocycles. The van der Waals surface area contributed by atoms with Crippen LogP contribution in [0.2, 0.25) is 5.02 Å². The molecule has 0 aliphatic rings. The summed E-state index contributed by atoms with van der Waals surface area (Å²) in [5.74, 6) is -1.15. The van der Waals surface area contributed by atoms with Crippen molar-refractivity contribution in [3.8, 4) is 11.4 Å². The number of rotatable bonds is 1. The number of hydrogen-bond acceptors (Lipinski definition) is 1. The number of imidazole rings is 1. The SMILES string of the molecule is Cn1ccnc1-c1c(F)cc(Cl)cc1C(F)(F)F. The Balaban J connectivity index is 2.78. The first kappa shape index (κ1) is 12.9. The van der Waals surface area contributed by atoms with Gasteiger partial charge in [0.15, 0.2) is 0 Å². The molecule has 0 spiro atoms. The fourth-order valence-corrected chi connectivity index (χ4v) is 1.84. The molecule has 7 heteroatoms. The Morgan fingerprint density at radius 3 is 2.44 bits per heavy atom. The summed E-state index contributed by atoms with van der Waals surface area (Å²) in [4.78, 5) is 3.73. The molecule has 1 heterocycles. The van der Waals surface area contributed by atoms with Crippen molar-refractivity contribution in [1.82, 2.24) is 9.55 Å². The Bertz CT molecular complexity index is 589. The molecule has 1 aromatic carbocycles. The van der Waals surface area contributed by atoms with E-state index in [0.717, 1.165) is 6.07 Å². The summed E-state index contributed by atoms with van der Waals surface area (Å²) in [5.41, 5.74) is -1.73. The summed E-state index contributed by atoms with van der Waals surface area (Å²) in [5, 5.41) is -0.308. The summed E-state index contributed by atoms with van der Waals surface area (Å²) in [6.45, 7) is 0. The Kier molecular flexibility index (Phi) is 3.06. The molecule has 96 valence electrons. The zero-order chi connectivity index (χ0) is 13.5. The monoisotopic (exact) mass is 278 g/mol. The van der Waals surface area contributed by atoms with Crippen molar-refractivity contribution in [2.24, 2.45) is 7.05 Å². The molecule has 0 atom stereocenters. The molecule has 0 radical (unpaired) electrons. The Labute approximate surface area is 105 Å². The minimum Gasteiger partial charge on any atom is -0.334 e. The van der Waals surface area contributed by atoms with E-state index in [4.69, 9.17) is 11.6 Å². The molecular weight excluding hydrogens is 272 g/mol. The molecule has 2 nitrogen and oxygen atoms in total. The average Bonchev–Trinajstić information content (AvgIpc) is 2.62. The van der Waals surface area contributed by atoms with Gasteiger partial charge >= 0.3 is 6.18 Å². The van der Waals surface area contributed by atoms with Gasteiger partial charge in [-0.2, -0.15) is 13.2 Å². The van der Waals surface area contributed by atoms with E-state index in [2.05, 4.69) is 4.98 Å².